The van der Waals surface area contributed by atoms with Gasteiger partial charge in [-0.1, -0.05) is 13.8 Å². The molecule has 0 aromatic heterocycles. The van der Waals surface area contributed by atoms with Gasteiger partial charge in [0, 0.05) is 26.3 Å². The molecule has 0 aliphatic heterocycles. The molecule has 0 rings (SSSR count). The van der Waals surface area contributed by atoms with E-state index in [1.54, 1.807) is 0 Å². The van der Waals surface area contributed by atoms with Crippen LogP contribution in [0.3, 0.4) is 0 Å². The second-order valence-corrected chi connectivity index (χ2v) is 8.33. The van der Waals surface area contributed by atoms with Crippen molar-refractivity contribution >= 4 is 8.56 Å². The minimum atomic E-state index is -2.00. The summed E-state index contributed by atoms with van der Waals surface area (Å²) >= 11 is 0. The Balaban J connectivity index is 4.15. The molecule has 5 heteroatoms. The Morgan fingerprint density at radius 1 is 1.12 bits per heavy atom. The summed E-state index contributed by atoms with van der Waals surface area (Å²) in [5, 5.41) is 3.32. The third-order valence-corrected chi connectivity index (χ3v) is 7.22. The fourth-order valence-electron chi connectivity index (χ4n) is 1.98. The van der Waals surface area contributed by atoms with E-state index in [9.17, 15) is 0 Å². The van der Waals surface area contributed by atoms with Crippen molar-refractivity contribution in [2.24, 2.45) is 5.73 Å². The van der Waals surface area contributed by atoms with Crippen LogP contribution in [0.5, 0.6) is 0 Å². The van der Waals surface area contributed by atoms with Crippen LogP contribution in [0.2, 0.25) is 11.6 Å². The molecule has 0 amide bonds. The maximum absolute atomic E-state index is 6.00. The predicted octanol–water partition coefficient (Wildman–Crippen LogP) is 1.85. The van der Waals surface area contributed by atoms with Crippen molar-refractivity contribution in [3.63, 3.8) is 0 Å². The molecular weight excluding hydrogens is 232 g/mol. The quantitative estimate of drug-likeness (QED) is 0.441. The van der Waals surface area contributed by atoms with Crippen molar-refractivity contribution in [1.82, 2.24) is 5.32 Å². The summed E-state index contributed by atoms with van der Waals surface area (Å²) in [5.74, 6) is 0. The number of rotatable bonds is 11. The highest BCUT2D eigenvalue weighted by Gasteiger charge is 2.40. The molecule has 4 nitrogen and oxygen atoms in total. The summed E-state index contributed by atoms with van der Waals surface area (Å²) in [4.78, 5) is 0. The average Bonchev–Trinajstić information content (AvgIpc) is 2.29. The van der Waals surface area contributed by atoms with Gasteiger partial charge in [-0.2, -0.15) is 0 Å². The third-order valence-electron chi connectivity index (χ3n) is 2.86. The number of nitrogens with one attached hydrogen (secondary N) is 1. The van der Waals surface area contributed by atoms with E-state index in [1.165, 1.54) is 0 Å². The molecular formula is C12H30N2O2Si. The van der Waals surface area contributed by atoms with Crippen LogP contribution in [0, 0.1) is 0 Å². The topological polar surface area (TPSA) is 56.5 Å². The van der Waals surface area contributed by atoms with Gasteiger partial charge in [-0.05, 0) is 38.4 Å². The van der Waals surface area contributed by atoms with E-state index in [1.807, 2.05) is 0 Å². The number of hydrogen-bond acceptors (Lipinski definition) is 4. The maximum Gasteiger partial charge on any atom is 0.340 e. The average molecular weight is 262 g/mol. The van der Waals surface area contributed by atoms with Crippen LogP contribution in [0.15, 0.2) is 0 Å². The molecule has 0 aliphatic rings. The summed E-state index contributed by atoms with van der Waals surface area (Å²) in [6.07, 6.45) is 1.10. The van der Waals surface area contributed by atoms with E-state index in [2.05, 4.69) is 33.0 Å². The molecule has 0 fully saturated rings. The molecule has 17 heavy (non-hydrogen) atoms. The zero-order valence-corrected chi connectivity index (χ0v) is 12.9. The highest BCUT2D eigenvalue weighted by Crippen LogP contribution is 2.28. The molecule has 0 aromatic rings. The molecule has 0 aromatic carbocycles. The Labute approximate surface area is 107 Å². The largest absolute Gasteiger partial charge is 0.394 e. The first-order chi connectivity index (χ1) is 8.13. The Morgan fingerprint density at radius 3 is 2.12 bits per heavy atom. The van der Waals surface area contributed by atoms with E-state index in [-0.39, 0.29) is 0 Å². The first kappa shape index (κ1) is 17.1. The zero-order chi connectivity index (χ0) is 13.1. The minimum Gasteiger partial charge on any atom is -0.394 e. The van der Waals surface area contributed by atoms with Crippen LogP contribution in [-0.2, 0) is 8.85 Å². The van der Waals surface area contributed by atoms with Gasteiger partial charge in [0.05, 0.1) is 0 Å². The van der Waals surface area contributed by atoms with Gasteiger partial charge in [0.25, 0.3) is 0 Å². The Bertz CT molecular complexity index is 174. The fraction of sp³-hybridized carbons (Fsp3) is 1.00. The third kappa shape index (κ3) is 6.52. The highest BCUT2D eigenvalue weighted by molar-refractivity contribution is 6.68. The molecule has 0 saturated carbocycles. The first-order valence-corrected chi connectivity index (χ1v) is 8.91. The van der Waals surface area contributed by atoms with Crippen molar-refractivity contribution in [1.29, 1.82) is 0 Å². The lowest BCUT2D eigenvalue weighted by atomic mass is 10.4. The first-order valence-electron chi connectivity index (χ1n) is 6.81. The van der Waals surface area contributed by atoms with Crippen LogP contribution < -0.4 is 11.1 Å². The second-order valence-electron chi connectivity index (χ2n) is 4.47. The molecule has 0 radical (unpaired) electrons. The number of nitrogens with two attached hydrogens (primary N) is 1. The van der Waals surface area contributed by atoms with Crippen LogP contribution in [0.4, 0.5) is 0 Å². The lowest BCUT2D eigenvalue weighted by Gasteiger charge is -2.33. The normalized spacial score (nSPS) is 12.4. The van der Waals surface area contributed by atoms with Crippen LogP contribution in [-0.4, -0.2) is 41.4 Å². The van der Waals surface area contributed by atoms with Gasteiger partial charge >= 0.3 is 8.56 Å². The van der Waals surface area contributed by atoms with E-state index in [4.69, 9.17) is 14.6 Å². The maximum atomic E-state index is 6.00. The van der Waals surface area contributed by atoms with E-state index < -0.39 is 8.56 Å². The summed E-state index contributed by atoms with van der Waals surface area (Å²) in [6.45, 7) is 12.6. The van der Waals surface area contributed by atoms with Crippen LogP contribution in [0.25, 0.3) is 0 Å². The van der Waals surface area contributed by atoms with Gasteiger partial charge < -0.3 is 19.9 Å². The van der Waals surface area contributed by atoms with Crippen molar-refractivity contribution in [3.05, 3.63) is 0 Å². The van der Waals surface area contributed by atoms with Crippen molar-refractivity contribution in [2.75, 3.05) is 32.8 Å². The van der Waals surface area contributed by atoms with Crippen molar-refractivity contribution in [3.8, 4) is 0 Å². The SMILES string of the molecule is CCO[Si](CCCNCCN)(OCC)C(C)C. The van der Waals surface area contributed by atoms with Crippen molar-refractivity contribution < 1.29 is 8.85 Å². The summed E-state index contributed by atoms with van der Waals surface area (Å²) in [6, 6.07) is 1.06. The lowest BCUT2D eigenvalue weighted by Crippen LogP contribution is -2.45. The van der Waals surface area contributed by atoms with Gasteiger partial charge in [-0.15, -0.1) is 0 Å². The molecule has 0 unspecified atom stereocenters. The molecule has 0 bridgehead atoms. The van der Waals surface area contributed by atoms with Gasteiger partial charge in [0.2, 0.25) is 0 Å². The van der Waals surface area contributed by atoms with Crippen LogP contribution >= 0.6 is 0 Å². The van der Waals surface area contributed by atoms with Crippen molar-refractivity contribution in [2.45, 2.75) is 45.7 Å². The summed E-state index contributed by atoms with van der Waals surface area (Å²) in [7, 11) is -2.00. The Hall–Kier alpha value is 0.0569. The van der Waals surface area contributed by atoms with E-state index in [0.717, 1.165) is 38.8 Å². The standard InChI is InChI=1S/C12H30N2O2Si/c1-5-15-17(12(3)4,16-6-2)11-7-9-14-10-8-13/h12,14H,5-11,13H2,1-4H3. The van der Waals surface area contributed by atoms with E-state index >= 15 is 0 Å². The van der Waals surface area contributed by atoms with Gasteiger partial charge in [-0.25, -0.2) is 0 Å². The van der Waals surface area contributed by atoms with E-state index in [0.29, 0.717) is 12.1 Å². The zero-order valence-electron chi connectivity index (χ0n) is 11.9. The lowest BCUT2D eigenvalue weighted by molar-refractivity contribution is 0.174. The molecule has 0 spiro atoms. The minimum absolute atomic E-state index is 0.497. The molecule has 0 saturated heterocycles. The molecule has 3 N–H and O–H groups in total. The summed E-state index contributed by atoms with van der Waals surface area (Å²) in [5.41, 5.74) is 5.93. The molecule has 104 valence electrons. The smallest absolute Gasteiger partial charge is 0.340 e. The van der Waals surface area contributed by atoms with Gasteiger partial charge in [-0.3, -0.25) is 0 Å². The van der Waals surface area contributed by atoms with Crippen LogP contribution in [0.1, 0.15) is 34.1 Å². The Morgan fingerprint density at radius 2 is 1.71 bits per heavy atom. The molecule has 0 atom stereocenters. The van der Waals surface area contributed by atoms with Gasteiger partial charge in [0.1, 0.15) is 0 Å². The highest BCUT2D eigenvalue weighted by atomic mass is 28.4. The molecule has 0 aliphatic carbocycles. The molecule has 0 heterocycles. The number of hydrogen-bond donors (Lipinski definition) is 2. The fourth-order valence-corrected chi connectivity index (χ4v) is 5.25. The second kappa shape index (κ2) is 10.0. The predicted molar refractivity (Wildman–Crippen MR) is 75.5 cm³/mol. The Kier molecular flexibility index (Phi) is 10.1. The summed E-state index contributed by atoms with van der Waals surface area (Å²) < 4.78 is 12.0. The monoisotopic (exact) mass is 262 g/mol. The van der Waals surface area contributed by atoms with Gasteiger partial charge in [0.15, 0.2) is 0 Å².